The van der Waals surface area contributed by atoms with Crippen molar-refractivity contribution in [2.45, 2.75) is 34.1 Å². The van der Waals surface area contributed by atoms with E-state index in [1.807, 2.05) is 13.0 Å². The monoisotopic (exact) mass is 445 g/mol. The number of carbonyl (C=O) groups excluding carboxylic acids is 1. The molecule has 2 atom stereocenters. The molecule has 3 heterocycles. The Labute approximate surface area is 189 Å². The number of fused-ring (bicyclic) bond motifs is 1. The Kier molecular flexibility index (Phi) is 6.42. The van der Waals surface area contributed by atoms with Gasteiger partial charge in [-0.2, -0.15) is 0 Å². The first-order valence-electron chi connectivity index (χ1n) is 10.9. The maximum absolute atomic E-state index is 13.1. The summed E-state index contributed by atoms with van der Waals surface area (Å²) in [7, 11) is 0. The number of aryl methyl sites for hydroxylation is 3. The molecule has 0 saturated carbocycles. The summed E-state index contributed by atoms with van der Waals surface area (Å²) in [6.45, 7) is 14.4. The summed E-state index contributed by atoms with van der Waals surface area (Å²) in [6.07, 6.45) is 1.11. The van der Waals surface area contributed by atoms with Gasteiger partial charge in [-0.15, -0.1) is 11.3 Å². The Morgan fingerprint density at radius 3 is 2.40 bits per heavy atom. The molecule has 6 heteroatoms. The molecule has 2 aliphatic heterocycles. The van der Waals surface area contributed by atoms with E-state index < -0.39 is 0 Å². The maximum Gasteiger partial charge on any atom is 0.255 e. The SMILES string of the molecule is Cc1ccc(NCCCN2CC3CN(C(=O)c4c(C)sc(C)c4C)CC3C2)cc1Cl. The van der Waals surface area contributed by atoms with Crippen molar-refractivity contribution in [3.8, 4) is 0 Å². The number of anilines is 1. The number of thiophene rings is 1. The summed E-state index contributed by atoms with van der Waals surface area (Å²) in [5.41, 5.74) is 4.32. The van der Waals surface area contributed by atoms with Crippen molar-refractivity contribution < 1.29 is 4.79 Å². The highest BCUT2D eigenvalue weighted by Gasteiger charge is 2.42. The quantitative estimate of drug-likeness (QED) is 0.625. The lowest BCUT2D eigenvalue weighted by Gasteiger charge is -2.22. The van der Waals surface area contributed by atoms with E-state index in [2.05, 4.69) is 48.0 Å². The second kappa shape index (κ2) is 8.89. The van der Waals surface area contributed by atoms with Crippen LogP contribution in [0.25, 0.3) is 0 Å². The third-order valence-corrected chi connectivity index (χ3v) is 8.31. The fourth-order valence-corrected chi connectivity index (χ4v) is 6.18. The van der Waals surface area contributed by atoms with Crippen LogP contribution in [0.2, 0.25) is 5.02 Å². The van der Waals surface area contributed by atoms with Crippen LogP contribution >= 0.6 is 22.9 Å². The van der Waals surface area contributed by atoms with E-state index in [1.165, 1.54) is 10.4 Å². The zero-order valence-electron chi connectivity index (χ0n) is 18.4. The van der Waals surface area contributed by atoms with Crippen LogP contribution in [0, 0.1) is 39.5 Å². The van der Waals surface area contributed by atoms with Crippen LogP contribution in [0.1, 0.15) is 37.7 Å². The van der Waals surface area contributed by atoms with Crippen LogP contribution in [-0.2, 0) is 0 Å². The summed E-state index contributed by atoms with van der Waals surface area (Å²) < 4.78 is 0. The predicted molar refractivity (Wildman–Crippen MR) is 127 cm³/mol. The molecular formula is C24H32ClN3OS. The molecule has 1 N–H and O–H groups in total. The van der Waals surface area contributed by atoms with E-state index in [1.54, 1.807) is 11.3 Å². The molecule has 2 unspecified atom stereocenters. The number of hydrogen-bond acceptors (Lipinski definition) is 4. The van der Waals surface area contributed by atoms with Gasteiger partial charge in [-0.1, -0.05) is 17.7 Å². The number of rotatable bonds is 6. The van der Waals surface area contributed by atoms with Crippen LogP contribution in [0.4, 0.5) is 5.69 Å². The van der Waals surface area contributed by atoms with Crippen molar-refractivity contribution in [3.05, 3.63) is 49.7 Å². The summed E-state index contributed by atoms with van der Waals surface area (Å²) in [6, 6.07) is 6.15. The minimum absolute atomic E-state index is 0.247. The van der Waals surface area contributed by atoms with Gasteiger partial charge in [0.05, 0.1) is 5.56 Å². The van der Waals surface area contributed by atoms with Crippen molar-refractivity contribution in [1.29, 1.82) is 0 Å². The van der Waals surface area contributed by atoms with Gasteiger partial charge in [-0.25, -0.2) is 0 Å². The number of amides is 1. The Bertz CT molecular complexity index is 927. The highest BCUT2D eigenvalue weighted by Crippen LogP contribution is 2.34. The van der Waals surface area contributed by atoms with E-state index >= 15 is 0 Å². The lowest BCUT2D eigenvalue weighted by molar-refractivity contribution is 0.0773. The number of carbonyl (C=O) groups is 1. The maximum atomic E-state index is 13.1. The number of nitrogens with zero attached hydrogens (tertiary/aromatic N) is 2. The second-order valence-corrected chi connectivity index (χ2v) is 10.8. The molecule has 162 valence electrons. The summed E-state index contributed by atoms with van der Waals surface area (Å²) in [4.78, 5) is 20.2. The first-order valence-corrected chi connectivity index (χ1v) is 12.1. The minimum Gasteiger partial charge on any atom is -0.385 e. The van der Waals surface area contributed by atoms with Gasteiger partial charge in [-0.3, -0.25) is 4.79 Å². The number of hydrogen-bond donors (Lipinski definition) is 1. The highest BCUT2D eigenvalue weighted by atomic mass is 35.5. The lowest BCUT2D eigenvalue weighted by atomic mass is 10.0. The first kappa shape index (κ1) is 21.7. The smallest absolute Gasteiger partial charge is 0.255 e. The average molecular weight is 446 g/mol. The molecule has 2 aliphatic rings. The topological polar surface area (TPSA) is 35.6 Å². The second-order valence-electron chi connectivity index (χ2n) is 8.95. The van der Waals surface area contributed by atoms with Crippen molar-refractivity contribution >= 4 is 34.5 Å². The van der Waals surface area contributed by atoms with Gasteiger partial charge in [0, 0.05) is 53.2 Å². The summed E-state index contributed by atoms with van der Waals surface area (Å²) in [5, 5.41) is 4.29. The summed E-state index contributed by atoms with van der Waals surface area (Å²) in [5.74, 6) is 1.49. The third-order valence-electron chi connectivity index (χ3n) is 6.78. The molecule has 0 radical (unpaired) electrons. The lowest BCUT2D eigenvalue weighted by Crippen LogP contribution is -2.34. The number of likely N-dealkylation sites (tertiary alicyclic amines) is 2. The molecule has 4 nitrogen and oxygen atoms in total. The van der Waals surface area contributed by atoms with Crippen LogP contribution < -0.4 is 5.32 Å². The number of benzene rings is 1. The van der Waals surface area contributed by atoms with Gasteiger partial charge >= 0.3 is 0 Å². The molecule has 0 aliphatic carbocycles. The Morgan fingerprint density at radius 2 is 1.80 bits per heavy atom. The number of nitrogens with one attached hydrogen (secondary N) is 1. The van der Waals surface area contributed by atoms with Crippen LogP contribution in [0.5, 0.6) is 0 Å². The van der Waals surface area contributed by atoms with Gasteiger partial charge in [0.2, 0.25) is 0 Å². The molecule has 4 rings (SSSR count). The molecule has 0 bridgehead atoms. The average Bonchev–Trinajstić information content (AvgIpc) is 3.33. The van der Waals surface area contributed by atoms with Gasteiger partial charge in [0.15, 0.2) is 0 Å². The van der Waals surface area contributed by atoms with E-state index in [-0.39, 0.29) is 5.91 Å². The molecule has 0 spiro atoms. The Hall–Kier alpha value is -1.56. The minimum atomic E-state index is 0.247. The Morgan fingerprint density at radius 1 is 1.10 bits per heavy atom. The normalized spacial score (nSPS) is 21.3. The third kappa shape index (κ3) is 4.39. The van der Waals surface area contributed by atoms with Gasteiger partial charge in [-0.05, 0) is 75.8 Å². The van der Waals surface area contributed by atoms with Crippen LogP contribution in [-0.4, -0.2) is 55.0 Å². The standard InChI is InChI=1S/C24H32ClN3OS/c1-15-6-7-21(10-22(15)25)26-8-5-9-27-11-19-13-28(14-20(19)12-27)24(29)23-16(2)17(3)30-18(23)4/h6-7,10,19-20,26H,5,8-9,11-14H2,1-4H3. The van der Waals surface area contributed by atoms with Crippen molar-refractivity contribution in [2.24, 2.45) is 11.8 Å². The fourth-order valence-electron chi connectivity index (χ4n) is 4.94. The van der Waals surface area contributed by atoms with Gasteiger partial charge in [0.25, 0.3) is 5.91 Å². The number of halogens is 1. The molecule has 2 saturated heterocycles. The van der Waals surface area contributed by atoms with Crippen molar-refractivity contribution in [2.75, 3.05) is 44.6 Å². The van der Waals surface area contributed by atoms with E-state index in [9.17, 15) is 4.79 Å². The fraction of sp³-hybridized carbons (Fsp3) is 0.542. The van der Waals surface area contributed by atoms with Crippen LogP contribution in [0.3, 0.4) is 0 Å². The molecule has 30 heavy (non-hydrogen) atoms. The van der Waals surface area contributed by atoms with Crippen molar-refractivity contribution in [3.63, 3.8) is 0 Å². The molecule has 2 fully saturated rings. The van der Waals surface area contributed by atoms with E-state index in [4.69, 9.17) is 11.6 Å². The molecule has 2 aromatic rings. The molecule has 1 amide bonds. The highest BCUT2D eigenvalue weighted by molar-refractivity contribution is 7.12. The largest absolute Gasteiger partial charge is 0.385 e. The van der Waals surface area contributed by atoms with E-state index in [0.29, 0.717) is 11.8 Å². The molecule has 1 aromatic carbocycles. The zero-order valence-corrected chi connectivity index (χ0v) is 20.0. The molecular weight excluding hydrogens is 414 g/mol. The predicted octanol–water partition coefficient (Wildman–Crippen LogP) is 5.14. The van der Waals surface area contributed by atoms with Crippen LogP contribution in [0.15, 0.2) is 18.2 Å². The van der Waals surface area contributed by atoms with Crippen molar-refractivity contribution in [1.82, 2.24) is 9.80 Å². The molecule has 1 aromatic heterocycles. The van der Waals surface area contributed by atoms with E-state index in [0.717, 1.165) is 72.4 Å². The van der Waals surface area contributed by atoms with Gasteiger partial charge < -0.3 is 15.1 Å². The zero-order chi connectivity index (χ0) is 21.4. The van der Waals surface area contributed by atoms with Gasteiger partial charge in [0.1, 0.15) is 0 Å². The first-order chi connectivity index (χ1) is 14.3. The summed E-state index contributed by atoms with van der Waals surface area (Å²) >= 11 is 7.95. The Balaban J connectivity index is 1.23.